The van der Waals surface area contributed by atoms with Gasteiger partial charge in [-0.1, -0.05) is 37.8 Å². The summed E-state index contributed by atoms with van der Waals surface area (Å²) in [4.78, 5) is 12.3. The summed E-state index contributed by atoms with van der Waals surface area (Å²) in [6.45, 7) is 2.99. The predicted octanol–water partition coefficient (Wildman–Crippen LogP) is 2.24. The van der Waals surface area contributed by atoms with Gasteiger partial charge in [-0.05, 0) is 37.5 Å². The van der Waals surface area contributed by atoms with E-state index >= 15 is 0 Å². The highest BCUT2D eigenvalue weighted by molar-refractivity contribution is 6.07. The van der Waals surface area contributed by atoms with Crippen molar-refractivity contribution in [2.75, 3.05) is 6.54 Å². The van der Waals surface area contributed by atoms with Crippen molar-refractivity contribution in [3.63, 3.8) is 0 Å². The molecule has 2 saturated carbocycles. The van der Waals surface area contributed by atoms with Crippen LogP contribution in [0.5, 0.6) is 0 Å². The fourth-order valence-electron chi connectivity index (χ4n) is 3.48. The molecule has 0 unspecified atom stereocenters. The molecule has 2 rings (SSSR count). The molecule has 0 radical (unpaired) electrons. The van der Waals surface area contributed by atoms with Crippen molar-refractivity contribution in [3.05, 3.63) is 0 Å². The second-order valence-electron chi connectivity index (χ2n) is 6.43. The number of oxime groups is 1. The average Bonchev–Trinajstić information content (AvgIpc) is 2.44. The molecule has 2 aliphatic rings. The van der Waals surface area contributed by atoms with Crippen LogP contribution >= 0.6 is 0 Å². The number of nitrogens with one attached hydrogen (secondary N) is 1. The lowest BCUT2D eigenvalue weighted by atomic mass is 9.67. The maximum atomic E-state index is 12.3. The standard InChI is InChI=1S/C15H27N3O2/c1-2-11-4-6-12(7-5-11)10-17-14(19)15(8-3-9-15)13(16)18-20/h11-12,20H,2-10H2,1H3,(H2,16,18)(H,17,19). The van der Waals surface area contributed by atoms with Crippen LogP contribution in [-0.4, -0.2) is 23.5 Å². The summed E-state index contributed by atoms with van der Waals surface area (Å²) in [5.41, 5.74) is 4.96. The number of nitrogens with two attached hydrogens (primary N) is 1. The first-order chi connectivity index (χ1) is 9.62. The smallest absolute Gasteiger partial charge is 0.233 e. The average molecular weight is 281 g/mol. The van der Waals surface area contributed by atoms with E-state index in [-0.39, 0.29) is 11.7 Å². The monoisotopic (exact) mass is 281 g/mol. The molecule has 20 heavy (non-hydrogen) atoms. The number of amides is 1. The van der Waals surface area contributed by atoms with E-state index in [2.05, 4.69) is 17.4 Å². The number of hydrogen-bond donors (Lipinski definition) is 3. The first kappa shape index (κ1) is 15.1. The van der Waals surface area contributed by atoms with Crippen LogP contribution in [0.25, 0.3) is 0 Å². The van der Waals surface area contributed by atoms with Gasteiger partial charge in [0.1, 0.15) is 5.41 Å². The fourth-order valence-corrected chi connectivity index (χ4v) is 3.48. The van der Waals surface area contributed by atoms with Crippen molar-refractivity contribution in [1.82, 2.24) is 5.32 Å². The molecular weight excluding hydrogens is 254 g/mol. The zero-order valence-electron chi connectivity index (χ0n) is 12.4. The molecule has 0 saturated heterocycles. The zero-order valence-corrected chi connectivity index (χ0v) is 12.4. The van der Waals surface area contributed by atoms with Gasteiger partial charge < -0.3 is 16.3 Å². The molecule has 4 N–H and O–H groups in total. The molecule has 0 aliphatic heterocycles. The molecule has 5 nitrogen and oxygen atoms in total. The lowest BCUT2D eigenvalue weighted by molar-refractivity contribution is -0.131. The Balaban J connectivity index is 1.81. The maximum Gasteiger partial charge on any atom is 0.233 e. The van der Waals surface area contributed by atoms with E-state index in [0.29, 0.717) is 18.8 Å². The Kier molecular flexibility index (Phi) is 4.89. The summed E-state index contributed by atoms with van der Waals surface area (Å²) in [6, 6.07) is 0. The Labute approximate surface area is 121 Å². The first-order valence-electron chi connectivity index (χ1n) is 7.88. The normalized spacial score (nSPS) is 29.6. The Morgan fingerprint density at radius 2 is 1.90 bits per heavy atom. The second-order valence-corrected chi connectivity index (χ2v) is 6.43. The number of carbonyl (C=O) groups is 1. The van der Waals surface area contributed by atoms with Gasteiger partial charge in [0, 0.05) is 6.54 Å². The van der Waals surface area contributed by atoms with Crippen molar-refractivity contribution in [2.45, 2.75) is 58.3 Å². The third-order valence-electron chi connectivity index (χ3n) is 5.33. The van der Waals surface area contributed by atoms with Crippen LogP contribution in [0.15, 0.2) is 5.16 Å². The Bertz CT molecular complexity index is 369. The summed E-state index contributed by atoms with van der Waals surface area (Å²) in [5.74, 6) is 1.47. The SMILES string of the molecule is CCC1CCC(CNC(=O)C2(C(N)=NO)CCC2)CC1. The van der Waals surface area contributed by atoms with Gasteiger partial charge in [-0.15, -0.1) is 0 Å². The quantitative estimate of drug-likeness (QED) is 0.312. The lowest BCUT2D eigenvalue weighted by Crippen LogP contribution is -2.54. The molecular formula is C15H27N3O2. The van der Waals surface area contributed by atoms with E-state index in [1.54, 1.807) is 0 Å². The number of rotatable bonds is 5. The minimum atomic E-state index is -0.741. The van der Waals surface area contributed by atoms with Crippen LogP contribution in [0, 0.1) is 17.3 Å². The Hall–Kier alpha value is -1.26. The highest BCUT2D eigenvalue weighted by Gasteiger charge is 2.48. The van der Waals surface area contributed by atoms with Gasteiger partial charge in [-0.3, -0.25) is 4.79 Å². The van der Waals surface area contributed by atoms with E-state index in [4.69, 9.17) is 10.9 Å². The highest BCUT2D eigenvalue weighted by atomic mass is 16.4. The third kappa shape index (κ3) is 2.91. The van der Waals surface area contributed by atoms with E-state index < -0.39 is 5.41 Å². The number of hydrogen-bond acceptors (Lipinski definition) is 3. The number of amidine groups is 1. The van der Waals surface area contributed by atoms with Gasteiger partial charge in [0.05, 0.1) is 0 Å². The van der Waals surface area contributed by atoms with Crippen molar-refractivity contribution in [3.8, 4) is 0 Å². The summed E-state index contributed by atoms with van der Waals surface area (Å²) in [5, 5.41) is 14.9. The molecule has 5 heteroatoms. The molecule has 0 aromatic heterocycles. The molecule has 0 bridgehead atoms. The van der Waals surface area contributed by atoms with E-state index in [0.717, 1.165) is 18.9 Å². The maximum absolute atomic E-state index is 12.3. The van der Waals surface area contributed by atoms with Crippen LogP contribution in [0.3, 0.4) is 0 Å². The number of nitrogens with zero attached hydrogens (tertiary/aromatic N) is 1. The molecule has 0 aromatic carbocycles. The van der Waals surface area contributed by atoms with Crippen LogP contribution in [-0.2, 0) is 4.79 Å². The fraction of sp³-hybridized carbons (Fsp3) is 0.867. The lowest BCUT2D eigenvalue weighted by Gasteiger charge is -2.39. The van der Waals surface area contributed by atoms with Crippen molar-refractivity contribution in [2.24, 2.45) is 28.1 Å². The van der Waals surface area contributed by atoms with Gasteiger partial charge in [-0.2, -0.15) is 0 Å². The van der Waals surface area contributed by atoms with Crippen LogP contribution in [0.2, 0.25) is 0 Å². The molecule has 0 atom stereocenters. The number of carbonyl (C=O) groups excluding carboxylic acids is 1. The minimum Gasteiger partial charge on any atom is -0.409 e. The minimum absolute atomic E-state index is 0.0586. The first-order valence-corrected chi connectivity index (χ1v) is 7.88. The molecule has 2 fully saturated rings. The Morgan fingerprint density at radius 3 is 2.35 bits per heavy atom. The summed E-state index contributed by atoms with van der Waals surface area (Å²) in [7, 11) is 0. The molecule has 0 spiro atoms. The molecule has 2 aliphatic carbocycles. The topological polar surface area (TPSA) is 87.7 Å². The van der Waals surface area contributed by atoms with E-state index in [1.807, 2.05) is 0 Å². The molecule has 114 valence electrons. The highest BCUT2D eigenvalue weighted by Crippen LogP contribution is 2.41. The zero-order chi connectivity index (χ0) is 14.6. The van der Waals surface area contributed by atoms with Crippen molar-refractivity contribution in [1.29, 1.82) is 0 Å². The Morgan fingerprint density at radius 1 is 1.30 bits per heavy atom. The molecule has 1 amide bonds. The van der Waals surface area contributed by atoms with Crippen LogP contribution in [0.4, 0.5) is 0 Å². The van der Waals surface area contributed by atoms with E-state index in [9.17, 15) is 4.79 Å². The van der Waals surface area contributed by atoms with Gasteiger partial charge >= 0.3 is 0 Å². The van der Waals surface area contributed by atoms with E-state index in [1.165, 1.54) is 32.1 Å². The van der Waals surface area contributed by atoms with Gasteiger partial charge in [0.2, 0.25) is 5.91 Å². The summed E-state index contributed by atoms with van der Waals surface area (Å²) < 4.78 is 0. The third-order valence-corrected chi connectivity index (χ3v) is 5.33. The van der Waals surface area contributed by atoms with Gasteiger partial charge in [0.25, 0.3) is 0 Å². The summed E-state index contributed by atoms with van der Waals surface area (Å²) in [6.07, 6.45) is 8.58. The van der Waals surface area contributed by atoms with Gasteiger partial charge in [0.15, 0.2) is 5.84 Å². The largest absolute Gasteiger partial charge is 0.409 e. The second kappa shape index (κ2) is 6.46. The van der Waals surface area contributed by atoms with Crippen LogP contribution in [0.1, 0.15) is 58.3 Å². The summed E-state index contributed by atoms with van der Waals surface area (Å²) >= 11 is 0. The van der Waals surface area contributed by atoms with Gasteiger partial charge in [-0.25, -0.2) is 0 Å². The van der Waals surface area contributed by atoms with Crippen LogP contribution < -0.4 is 11.1 Å². The van der Waals surface area contributed by atoms with Crippen molar-refractivity contribution < 1.29 is 10.0 Å². The van der Waals surface area contributed by atoms with Crippen molar-refractivity contribution >= 4 is 11.7 Å². The molecule has 0 aromatic rings. The predicted molar refractivity (Wildman–Crippen MR) is 78.4 cm³/mol. The molecule has 0 heterocycles.